The number of aromatic hydroxyl groups is 1. The van der Waals surface area contributed by atoms with E-state index in [2.05, 4.69) is 0 Å². The van der Waals surface area contributed by atoms with Crippen molar-refractivity contribution in [3.8, 4) is 23.0 Å². The average molecular weight is 541 g/mol. The number of epoxide rings is 1. The van der Waals surface area contributed by atoms with Crippen LogP contribution in [0.3, 0.4) is 0 Å². The van der Waals surface area contributed by atoms with Crippen molar-refractivity contribution in [2.75, 3.05) is 0 Å². The molecule has 1 heterocycles. The standard InChI is InChI=1S/C19H24O5.C12H16O3/c1-4-19(2,3)18(21)23-14-8-6-13(7-9-14)22-17(20)12-5-10-15-16(11-12)24-15;1-4-12(2,3)11(14)15-10-7-5-9(13)6-8-10/h6-9,12,15-16H,4-5,10-11H2,1-3H3;5-8,13H,4H2,1-3H3. The number of esters is 3. The highest BCUT2D eigenvalue weighted by atomic mass is 16.6. The number of carbonyl (C=O) groups excluding carboxylic acids is 3. The number of fused-ring (bicyclic) bond motifs is 1. The summed E-state index contributed by atoms with van der Waals surface area (Å²) in [6.45, 7) is 11.3. The van der Waals surface area contributed by atoms with E-state index in [4.69, 9.17) is 24.1 Å². The van der Waals surface area contributed by atoms with Crippen LogP contribution in [0, 0.1) is 16.7 Å². The smallest absolute Gasteiger partial charge is 0.316 e. The number of phenolic OH excluding ortho intramolecular Hbond substituents is 1. The molecule has 39 heavy (non-hydrogen) atoms. The van der Waals surface area contributed by atoms with Crippen molar-refractivity contribution in [2.45, 2.75) is 85.9 Å². The number of carbonyl (C=O) groups is 3. The second-order valence-electron chi connectivity index (χ2n) is 11.4. The Hall–Kier alpha value is -3.39. The molecule has 2 aliphatic rings. The van der Waals surface area contributed by atoms with Crippen LogP contribution in [-0.2, 0) is 19.1 Å². The van der Waals surface area contributed by atoms with Crippen molar-refractivity contribution >= 4 is 17.9 Å². The summed E-state index contributed by atoms with van der Waals surface area (Å²) in [6, 6.07) is 12.7. The van der Waals surface area contributed by atoms with Gasteiger partial charge in [-0.15, -0.1) is 0 Å². The first kappa shape index (κ1) is 30.2. The Morgan fingerprint density at radius 2 is 1.18 bits per heavy atom. The third-order valence-corrected chi connectivity index (χ3v) is 7.51. The molecule has 0 aromatic heterocycles. The monoisotopic (exact) mass is 540 g/mol. The van der Waals surface area contributed by atoms with Crippen LogP contribution in [-0.4, -0.2) is 35.2 Å². The van der Waals surface area contributed by atoms with Crippen LogP contribution in [0.2, 0.25) is 0 Å². The van der Waals surface area contributed by atoms with Crippen LogP contribution < -0.4 is 14.2 Å². The molecule has 8 heteroatoms. The molecule has 4 rings (SSSR count). The van der Waals surface area contributed by atoms with Gasteiger partial charge in [-0.25, -0.2) is 0 Å². The first-order valence-electron chi connectivity index (χ1n) is 13.6. The summed E-state index contributed by atoms with van der Waals surface area (Å²) in [6.07, 6.45) is 4.56. The zero-order chi connectivity index (χ0) is 28.8. The van der Waals surface area contributed by atoms with Crippen molar-refractivity contribution in [1.29, 1.82) is 0 Å². The topological polar surface area (TPSA) is 112 Å². The summed E-state index contributed by atoms with van der Waals surface area (Å²) < 4.78 is 21.4. The Bertz CT molecular complexity index is 1130. The molecular formula is C31H40O8. The maximum absolute atomic E-state index is 12.2. The molecule has 1 aliphatic heterocycles. The van der Waals surface area contributed by atoms with Crippen molar-refractivity contribution in [2.24, 2.45) is 16.7 Å². The molecule has 2 aromatic carbocycles. The summed E-state index contributed by atoms with van der Waals surface area (Å²) in [7, 11) is 0. The predicted molar refractivity (Wildman–Crippen MR) is 146 cm³/mol. The van der Waals surface area contributed by atoms with Gasteiger partial charge in [0.25, 0.3) is 0 Å². The van der Waals surface area contributed by atoms with E-state index in [0.29, 0.717) is 29.8 Å². The van der Waals surface area contributed by atoms with Crippen molar-refractivity contribution in [3.05, 3.63) is 48.5 Å². The van der Waals surface area contributed by atoms with Gasteiger partial charge in [0.15, 0.2) is 0 Å². The largest absolute Gasteiger partial charge is 0.508 e. The maximum Gasteiger partial charge on any atom is 0.316 e. The lowest BCUT2D eigenvalue weighted by atomic mass is 9.89. The van der Waals surface area contributed by atoms with Gasteiger partial charge in [-0.1, -0.05) is 13.8 Å². The number of phenols is 1. The molecule has 0 spiro atoms. The molecule has 0 bridgehead atoms. The predicted octanol–water partition coefficient (Wildman–Crippen LogP) is 6.23. The summed E-state index contributed by atoms with van der Waals surface area (Å²) in [5.74, 6) is 0.717. The van der Waals surface area contributed by atoms with Gasteiger partial charge in [-0.2, -0.15) is 0 Å². The van der Waals surface area contributed by atoms with Crippen molar-refractivity contribution in [1.82, 2.24) is 0 Å². The van der Waals surface area contributed by atoms with E-state index in [1.165, 1.54) is 12.1 Å². The SMILES string of the molecule is CCC(C)(C)C(=O)Oc1ccc(O)cc1.CCC(C)(C)C(=O)Oc1ccc(OC(=O)C2CCC3OC3C2)cc1. The minimum Gasteiger partial charge on any atom is -0.508 e. The van der Waals surface area contributed by atoms with Gasteiger partial charge in [0.05, 0.1) is 29.0 Å². The first-order chi connectivity index (χ1) is 18.3. The van der Waals surface area contributed by atoms with Gasteiger partial charge in [-0.05, 0) is 108 Å². The van der Waals surface area contributed by atoms with Gasteiger partial charge in [0.1, 0.15) is 23.0 Å². The number of hydrogen-bond acceptors (Lipinski definition) is 8. The summed E-state index contributed by atoms with van der Waals surface area (Å²) in [5.41, 5.74) is -0.993. The third-order valence-electron chi connectivity index (χ3n) is 7.51. The van der Waals surface area contributed by atoms with E-state index >= 15 is 0 Å². The number of benzene rings is 2. The fourth-order valence-electron chi connectivity index (χ4n) is 3.69. The number of ether oxygens (including phenoxy) is 4. The van der Waals surface area contributed by atoms with E-state index < -0.39 is 10.8 Å². The molecule has 0 amide bonds. The molecule has 3 atom stereocenters. The van der Waals surface area contributed by atoms with E-state index in [1.54, 1.807) is 36.4 Å². The molecule has 1 saturated carbocycles. The molecule has 2 aromatic rings. The molecule has 1 saturated heterocycles. The average Bonchev–Trinajstić information content (AvgIpc) is 3.70. The third kappa shape index (κ3) is 8.55. The summed E-state index contributed by atoms with van der Waals surface area (Å²) in [5, 5.41) is 9.06. The lowest BCUT2D eigenvalue weighted by Crippen LogP contribution is -2.28. The zero-order valence-corrected chi connectivity index (χ0v) is 23.7. The second-order valence-corrected chi connectivity index (χ2v) is 11.4. The Morgan fingerprint density at radius 3 is 1.62 bits per heavy atom. The molecule has 8 nitrogen and oxygen atoms in total. The lowest BCUT2D eigenvalue weighted by Gasteiger charge is -2.20. The van der Waals surface area contributed by atoms with Gasteiger partial charge < -0.3 is 24.1 Å². The maximum atomic E-state index is 12.2. The minimum absolute atomic E-state index is 0.0865. The Kier molecular flexibility index (Phi) is 9.78. The van der Waals surface area contributed by atoms with Crippen molar-refractivity contribution in [3.63, 3.8) is 0 Å². The molecule has 0 radical (unpaired) electrons. The van der Waals surface area contributed by atoms with Gasteiger partial charge in [0, 0.05) is 0 Å². The minimum atomic E-state index is -0.519. The van der Waals surface area contributed by atoms with E-state index in [0.717, 1.165) is 25.7 Å². The van der Waals surface area contributed by atoms with Crippen molar-refractivity contribution < 1.29 is 38.4 Å². The molecular weight excluding hydrogens is 500 g/mol. The highest BCUT2D eigenvalue weighted by Crippen LogP contribution is 2.40. The van der Waals surface area contributed by atoms with Crippen LogP contribution in [0.25, 0.3) is 0 Å². The Morgan fingerprint density at radius 1 is 0.744 bits per heavy atom. The highest BCUT2D eigenvalue weighted by Gasteiger charge is 2.46. The van der Waals surface area contributed by atoms with Crippen LogP contribution in [0.5, 0.6) is 23.0 Å². The number of hydrogen-bond donors (Lipinski definition) is 1. The fraction of sp³-hybridized carbons (Fsp3) is 0.516. The second kappa shape index (κ2) is 12.6. The number of rotatable bonds is 8. The van der Waals surface area contributed by atoms with E-state index in [9.17, 15) is 14.4 Å². The zero-order valence-electron chi connectivity index (χ0n) is 23.7. The Balaban J connectivity index is 0.000000242. The van der Waals surface area contributed by atoms with Crippen LogP contribution in [0.4, 0.5) is 0 Å². The molecule has 3 unspecified atom stereocenters. The Labute approximate surface area is 230 Å². The quantitative estimate of drug-likeness (QED) is 0.238. The fourth-order valence-corrected chi connectivity index (χ4v) is 3.69. The normalized spacial score (nSPS) is 20.0. The van der Waals surface area contributed by atoms with Crippen LogP contribution in [0.1, 0.15) is 73.6 Å². The van der Waals surface area contributed by atoms with Crippen LogP contribution >= 0.6 is 0 Å². The molecule has 1 N–H and O–H groups in total. The molecule has 2 fully saturated rings. The van der Waals surface area contributed by atoms with E-state index in [-0.39, 0.29) is 35.7 Å². The highest BCUT2D eigenvalue weighted by molar-refractivity contribution is 5.79. The van der Waals surface area contributed by atoms with Crippen LogP contribution in [0.15, 0.2) is 48.5 Å². The lowest BCUT2D eigenvalue weighted by molar-refractivity contribution is -0.144. The molecule has 212 valence electrons. The summed E-state index contributed by atoms with van der Waals surface area (Å²) in [4.78, 5) is 35.9. The molecule has 1 aliphatic carbocycles. The van der Waals surface area contributed by atoms with Gasteiger partial charge >= 0.3 is 17.9 Å². The van der Waals surface area contributed by atoms with Gasteiger partial charge in [-0.3, -0.25) is 14.4 Å². The summed E-state index contributed by atoms with van der Waals surface area (Å²) >= 11 is 0. The van der Waals surface area contributed by atoms with E-state index in [1.807, 2.05) is 41.5 Å². The van der Waals surface area contributed by atoms with Gasteiger partial charge in [0.2, 0.25) is 0 Å². The first-order valence-corrected chi connectivity index (χ1v) is 13.6.